The summed E-state index contributed by atoms with van der Waals surface area (Å²) in [4.78, 5) is 25.0. The summed E-state index contributed by atoms with van der Waals surface area (Å²) in [5, 5.41) is 15.6. The Balaban J connectivity index is 1.80. The Morgan fingerprint density at radius 3 is 2.16 bits per heavy atom. The molecule has 0 atom stereocenters. The standard InChI is InChI=1S/C23H14Cl3N3O2/c24-18-8-2-1-7-17(18)23(31)28-16-6-3-5-14(12-16)11-15(13-27)22(30)29-21-19(25)9-4-10-20(21)26/h1-12H,(H,28,31)(H,29,30)/b15-11+. The highest BCUT2D eigenvalue weighted by molar-refractivity contribution is 6.40. The second-order valence-electron chi connectivity index (χ2n) is 6.28. The van der Waals surface area contributed by atoms with Crippen molar-refractivity contribution in [2.45, 2.75) is 0 Å². The highest BCUT2D eigenvalue weighted by atomic mass is 35.5. The lowest BCUT2D eigenvalue weighted by atomic mass is 10.1. The van der Waals surface area contributed by atoms with Crippen molar-refractivity contribution >= 4 is 64.1 Å². The van der Waals surface area contributed by atoms with Crippen LogP contribution in [0, 0.1) is 11.3 Å². The highest BCUT2D eigenvalue weighted by Gasteiger charge is 2.14. The van der Waals surface area contributed by atoms with E-state index in [4.69, 9.17) is 34.8 Å². The van der Waals surface area contributed by atoms with E-state index in [-0.39, 0.29) is 27.2 Å². The largest absolute Gasteiger partial charge is 0.322 e. The van der Waals surface area contributed by atoms with Crippen LogP contribution in [0.3, 0.4) is 0 Å². The predicted molar refractivity (Wildman–Crippen MR) is 125 cm³/mol. The van der Waals surface area contributed by atoms with Gasteiger partial charge in [-0.3, -0.25) is 9.59 Å². The van der Waals surface area contributed by atoms with Crippen molar-refractivity contribution in [1.29, 1.82) is 5.26 Å². The maximum absolute atomic E-state index is 12.5. The molecule has 8 heteroatoms. The Kier molecular flexibility index (Phi) is 7.32. The van der Waals surface area contributed by atoms with Gasteiger partial charge in [-0.2, -0.15) is 5.26 Å². The summed E-state index contributed by atoms with van der Waals surface area (Å²) in [5.74, 6) is -1.04. The fourth-order valence-corrected chi connectivity index (χ4v) is 3.38. The van der Waals surface area contributed by atoms with Crippen LogP contribution in [0.4, 0.5) is 11.4 Å². The fraction of sp³-hybridized carbons (Fsp3) is 0. The van der Waals surface area contributed by atoms with Crippen LogP contribution in [0.25, 0.3) is 6.08 Å². The first-order valence-electron chi connectivity index (χ1n) is 8.92. The topological polar surface area (TPSA) is 82.0 Å². The molecule has 0 spiro atoms. The average Bonchev–Trinajstić information content (AvgIpc) is 2.75. The lowest BCUT2D eigenvalue weighted by Gasteiger charge is -2.09. The Morgan fingerprint density at radius 2 is 1.48 bits per heavy atom. The third-order valence-corrected chi connectivity index (χ3v) is 5.10. The number of para-hydroxylation sites is 1. The van der Waals surface area contributed by atoms with Crippen LogP contribution in [-0.2, 0) is 4.79 Å². The number of carbonyl (C=O) groups is 2. The van der Waals surface area contributed by atoms with Crippen molar-refractivity contribution in [2.24, 2.45) is 0 Å². The number of benzene rings is 3. The molecule has 0 aliphatic heterocycles. The zero-order valence-corrected chi connectivity index (χ0v) is 18.1. The maximum atomic E-state index is 12.5. The van der Waals surface area contributed by atoms with Crippen LogP contribution >= 0.6 is 34.8 Å². The van der Waals surface area contributed by atoms with E-state index < -0.39 is 5.91 Å². The molecule has 0 aromatic heterocycles. The second kappa shape index (κ2) is 10.1. The molecular formula is C23H14Cl3N3O2. The SMILES string of the molecule is N#C/C(=C\c1cccc(NC(=O)c2ccccc2Cl)c1)C(=O)Nc1c(Cl)cccc1Cl. The number of rotatable bonds is 5. The molecule has 31 heavy (non-hydrogen) atoms. The smallest absolute Gasteiger partial charge is 0.266 e. The third kappa shape index (κ3) is 5.65. The highest BCUT2D eigenvalue weighted by Crippen LogP contribution is 2.30. The number of amides is 2. The summed E-state index contributed by atoms with van der Waals surface area (Å²) >= 11 is 18.2. The third-order valence-electron chi connectivity index (χ3n) is 4.14. The van der Waals surface area contributed by atoms with Gasteiger partial charge in [-0.05, 0) is 48.0 Å². The molecule has 0 saturated carbocycles. The summed E-state index contributed by atoms with van der Waals surface area (Å²) in [5.41, 5.74) is 1.40. The monoisotopic (exact) mass is 469 g/mol. The lowest BCUT2D eigenvalue weighted by Crippen LogP contribution is -2.14. The molecule has 3 aromatic carbocycles. The number of nitrogens with zero attached hydrogens (tertiary/aromatic N) is 1. The van der Waals surface area contributed by atoms with Gasteiger partial charge in [0.2, 0.25) is 0 Å². The van der Waals surface area contributed by atoms with Gasteiger partial charge in [0.25, 0.3) is 11.8 Å². The summed E-state index contributed by atoms with van der Waals surface area (Å²) in [6.07, 6.45) is 1.39. The zero-order valence-electron chi connectivity index (χ0n) is 15.8. The van der Waals surface area contributed by atoms with Gasteiger partial charge in [-0.1, -0.05) is 65.1 Å². The van der Waals surface area contributed by atoms with Gasteiger partial charge in [0, 0.05) is 5.69 Å². The molecule has 3 aromatic rings. The average molecular weight is 471 g/mol. The van der Waals surface area contributed by atoms with E-state index in [0.29, 0.717) is 21.8 Å². The Morgan fingerprint density at radius 1 is 0.839 bits per heavy atom. The quantitative estimate of drug-likeness (QED) is 0.332. The number of anilines is 2. The van der Waals surface area contributed by atoms with Crippen LogP contribution in [0.15, 0.2) is 72.3 Å². The molecule has 3 rings (SSSR count). The number of halogens is 3. The van der Waals surface area contributed by atoms with Gasteiger partial charge in [-0.15, -0.1) is 0 Å². The molecule has 0 fully saturated rings. The molecule has 154 valence electrons. The Bertz CT molecular complexity index is 1210. The number of hydrogen-bond donors (Lipinski definition) is 2. The van der Waals surface area contributed by atoms with Crippen LogP contribution in [-0.4, -0.2) is 11.8 Å². The van der Waals surface area contributed by atoms with E-state index in [2.05, 4.69) is 10.6 Å². The van der Waals surface area contributed by atoms with Gasteiger partial charge in [0.05, 0.1) is 26.3 Å². The molecule has 0 unspecified atom stereocenters. The van der Waals surface area contributed by atoms with Crippen LogP contribution < -0.4 is 10.6 Å². The zero-order chi connectivity index (χ0) is 22.4. The van der Waals surface area contributed by atoms with Gasteiger partial charge in [0.1, 0.15) is 11.6 Å². The first-order valence-corrected chi connectivity index (χ1v) is 10.1. The molecule has 0 aliphatic rings. The van der Waals surface area contributed by atoms with E-state index in [1.165, 1.54) is 6.08 Å². The molecule has 0 bridgehead atoms. The van der Waals surface area contributed by atoms with E-state index in [1.807, 2.05) is 6.07 Å². The van der Waals surface area contributed by atoms with E-state index in [1.54, 1.807) is 66.7 Å². The van der Waals surface area contributed by atoms with Crippen LogP contribution in [0.5, 0.6) is 0 Å². The number of nitrogens with one attached hydrogen (secondary N) is 2. The van der Waals surface area contributed by atoms with Crippen molar-refractivity contribution in [2.75, 3.05) is 10.6 Å². The van der Waals surface area contributed by atoms with Gasteiger partial charge in [0.15, 0.2) is 0 Å². The van der Waals surface area contributed by atoms with Gasteiger partial charge in [-0.25, -0.2) is 0 Å². The number of hydrogen-bond acceptors (Lipinski definition) is 3. The number of carbonyl (C=O) groups excluding carboxylic acids is 2. The summed E-state index contributed by atoms with van der Waals surface area (Å²) in [6.45, 7) is 0. The Labute approximate surface area is 193 Å². The van der Waals surface area contributed by atoms with E-state index in [9.17, 15) is 14.9 Å². The van der Waals surface area contributed by atoms with Crippen LogP contribution in [0.1, 0.15) is 15.9 Å². The van der Waals surface area contributed by atoms with Crippen molar-refractivity contribution in [3.8, 4) is 6.07 Å². The van der Waals surface area contributed by atoms with Gasteiger partial charge >= 0.3 is 0 Å². The van der Waals surface area contributed by atoms with Crippen molar-refractivity contribution < 1.29 is 9.59 Å². The van der Waals surface area contributed by atoms with Crippen molar-refractivity contribution in [1.82, 2.24) is 0 Å². The first-order chi connectivity index (χ1) is 14.9. The van der Waals surface area contributed by atoms with E-state index in [0.717, 1.165) is 0 Å². The summed E-state index contributed by atoms with van der Waals surface area (Å²) < 4.78 is 0. The van der Waals surface area contributed by atoms with Crippen molar-refractivity contribution in [3.63, 3.8) is 0 Å². The minimum atomic E-state index is -0.664. The molecular weight excluding hydrogens is 457 g/mol. The minimum Gasteiger partial charge on any atom is -0.322 e. The Hall–Kier alpha value is -3.30. The molecule has 0 heterocycles. The normalized spacial score (nSPS) is 10.8. The molecule has 0 radical (unpaired) electrons. The first kappa shape index (κ1) is 22.4. The number of nitriles is 1. The predicted octanol–water partition coefficient (Wildman–Crippen LogP) is 6.44. The molecule has 0 aliphatic carbocycles. The molecule has 0 saturated heterocycles. The van der Waals surface area contributed by atoms with Crippen LogP contribution in [0.2, 0.25) is 15.1 Å². The molecule has 2 N–H and O–H groups in total. The fourth-order valence-electron chi connectivity index (χ4n) is 2.66. The molecule has 5 nitrogen and oxygen atoms in total. The van der Waals surface area contributed by atoms with E-state index >= 15 is 0 Å². The second-order valence-corrected chi connectivity index (χ2v) is 7.50. The lowest BCUT2D eigenvalue weighted by molar-refractivity contribution is -0.112. The maximum Gasteiger partial charge on any atom is 0.266 e. The van der Waals surface area contributed by atoms with Gasteiger partial charge < -0.3 is 10.6 Å². The summed E-state index contributed by atoms with van der Waals surface area (Å²) in [6, 6.07) is 20.0. The summed E-state index contributed by atoms with van der Waals surface area (Å²) in [7, 11) is 0. The van der Waals surface area contributed by atoms with Crippen molar-refractivity contribution in [3.05, 3.63) is 98.5 Å². The molecule has 2 amide bonds. The minimum absolute atomic E-state index is 0.162.